The summed E-state index contributed by atoms with van der Waals surface area (Å²) in [4.78, 5) is 16.6. The number of halogens is 4. The summed E-state index contributed by atoms with van der Waals surface area (Å²) in [6.45, 7) is 0.385. The molecule has 0 fully saturated rings. The number of pyridine rings is 1. The first kappa shape index (κ1) is 14.9. The summed E-state index contributed by atoms with van der Waals surface area (Å²) in [5.41, 5.74) is 0.617. The van der Waals surface area contributed by atoms with Gasteiger partial charge in [0.2, 0.25) is 0 Å². The summed E-state index contributed by atoms with van der Waals surface area (Å²) >= 11 is 3.03. The molecule has 1 amide bonds. The number of aryl methyl sites for hydroxylation is 1. The SMILES string of the molecule is Cc1cccc(C(=O)N(CCBr)CC(F)(F)F)n1. The number of hydrogen-bond acceptors (Lipinski definition) is 2. The van der Waals surface area contributed by atoms with Gasteiger partial charge in [0.15, 0.2) is 0 Å². The Hall–Kier alpha value is -1.11. The van der Waals surface area contributed by atoms with Crippen LogP contribution < -0.4 is 0 Å². The highest BCUT2D eigenvalue weighted by atomic mass is 79.9. The number of aromatic nitrogens is 1. The number of hydrogen-bond donors (Lipinski definition) is 0. The maximum atomic E-state index is 12.4. The highest BCUT2D eigenvalue weighted by Gasteiger charge is 2.33. The van der Waals surface area contributed by atoms with Crippen molar-refractivity contribution in [3.63, 3.8) is 0 Å². The molecule has 0 aliphatic heterocycles. The minimum absolute atomic E-state index is 0.0199. The first-order valence-corrected chi connectivity index (χ1v) is 6.31. The van der Waals surface area contributed by atoms with Crippen LogP contribution in [-0.2, 0) is 0 Å². The summed E-state index contributed by atoms with van der Waals surface area (Å²) in [5, 5.41) is 0.278. The van der Waals surface area contributed by atoms with Crippen LogP contribution in [0.1, 0.15) is 16.2 Å². The summed E-state index contributed by atoms with van der Waals surface area (Å²) < 4.78 is 37.1. The molecule has 1 aromatic rings. The Morgan fingerprint density at radius 3 is 2.61 bits per heavy atom. The molecule has 0 unspecified atom stereocenters. The smallest absolute Gasteiger partial charge is 0.327 e. The fourth-order valence-electron chi connectivity index (χ4n) is 1.39. The zero-order valence-electron chi connectivity index (χ0n) is 9.67. The zero-order chi connectivity index (χ0) is 13.8. The van der Waals surface area contributed by atoms with Gasteiger partial charge in [0.25, 0.3) is 5.91 Å². The second-order valence-electron chi connectivity index (χ2n) is 3.70. The molecule has 18 heavy (non-hydrogen) atoms. The summed E-state index contributed by atoms with van der Waals surface area (Å²) in [5.74, 6) is -0.713. The first-order chi connectivity index (χ1) is 8.33. The Morgan fingerprint density at radius 2 is 2.11 bits per heavy atom. The number of alkyl halides is 4. The van der Waals surface area contributed by atoms with Gasteiger partial charge in [-0.1, -0.05) is 22.0 Å². The fourth-order valence-corrected chi connectivity index (χ4v) is 1.82. The van der Waals surface area contributed by atoms with Crippen molar-refractivity contribution in [1.82, 2.24) is 9.88 Å². The van der Waals surface area contributed by atoms with Crippen molar-refractivity contribution in [2.45, 2.75) is 13.1 Å². The Kier molecular flexibility index (Phi) is 5.13. The van der Waals surface area contributed by atoms with Gasteiger partial charge in [-0.3, -0.25) is 4.79 Å². The Balaban J connectivity index is 2.89. The molecule has 0 atom stereocenters. The molecule has 0 aromatic carbocycles. The molecule has 1 aromatic heterocycles. The topological polar surface area (TPSA) is 33.2 Å². The van der Waals surface area contributed by atoms with E-state index >= 15 is 0 Å². The van der Waals surface area contributed by atoms with E-state index in [4.69, 9.17) is 0 Å². The maximum absolute atomic E-state index is 12.4. The van der Waals surface area contributed by atoms with E-state index in [1.807, 2.05) is 0 Å². The Labute approximate surface area is 111 Å². The largest absolute Gasteiger partial charge is 0.406 e. The minimum Gasteiger partial charge on any atom is -0.327 e. The van der Waals surface area contributed by atoms with Crippen molar-refractivity contribution in [1.29, 1.82) is 0 Å². The van der Waals surface area contributed by atoms with Crippen LogP contribution in [-0.4, -0.2) is 40.4 Å². The zero-order valence-corrected chi connectivity index (χ0v) is 11.3. The highest BCUT2D eigenvalue weighted by molar-refractivity contribution is 9.09. The van der Waals surface area contributed by atoms with Crippen LogP contribution in [0, 0.1) is 6.92 Å². The lowest BCUT2D eigenvalue weighted by molar-refractivity contribution is -0.140. The van der Waals surface area contributed by atoms with Crippen molar-refractivity contribution in [3.8, 4) is 0 Å². The van der Waals surface area contributed by atoms with E-state index in [1.165, 1.54) is 6.07 Å². The van der Waals surface area contributed by atoms with E-state index < -0.39 is 18.6 Å². The van der Waals surface area contributed by atoms with Crippen molar-refractivity contribution in [2.75, 3.05) is 18.4 Å². The van der Waals surface area contributed by atoms with E-state index in [0.717, 1.165) is 4.90 Å². The van der Waals surface area contributed by atoms with E-state index in [0.29, 0.717) is 5.69 Å². The lowest BCUT2D eigenvalue weighted by Gasteiger charge is -2.22. The minimum atomic E-state index is -4.42. The number of rotatable bonds is 4. The van der Waals surface area contributed by atoms with Gasteiger partial charge in [-0.15, -0.1) is 0 Å². The third-order valence-electron chi connectivity index (χ3n) is 2.12. The van der Waals surface area contributed by atoms with Crippen molar-refractivity contribution in [3.05, 3.63) is 29.6 Å². The van der Waals surface area contributed by atoms with Crippen molar-refractivity contribution >= 4 is 21.8 Å². The molecule has 3 nitrogen and oxygen atoms in total. The van der Waals surface area contributed by atoms with Crippen LogP contribution in [0.4, 0.5) is 13.2 Å². The van der Waals surface area contributed by atoms with Gasteiger partial charge in [-0.25, -0.2) is 4.98 Å². The van der Waals surface area contributed by atoms with Gasteiger partial charge in [-0.05, 0) is 19.1 Å². The van der Waals surface area contributed by atoms with Crippen LogP contribution in [0.15, 0.2) is 18.2 Å². The van der Waals surface area contributed by atoms with Gasteiger partial charge in [0, 0.05) is 17.6 Å². The number of carbonyl (C=O) groups excluding carboxylic acids is 1. The fraction of sp³-hybridized carbons (Fsp3) is 0.455. The van der Waals surface area contributed by atoms with Crippen LogP contribution in [0.25, 0.3) is 0 Å². The molecule has 0 radical (unpaired) electrons. The number of amides is 1. The molecule has 0 bridgehead atoms. The lowest BCUT2D eigenvalue weighted by Crippen LogP contribution is -2.40. The molecule has 0 aliphatic carbocycles. The van der Waals surface area contributed by atoms with E-state index in [2.05, 4.69) is 20.9 Å². The molecule has 0 saturated heterocycles. The average molecular weight is 325 g/mol. The van der Waals surface area contributed by atoms with E-state index in [9.17, 15) is 18.0 Å². The van der Waals surface area contributed by atoms with Crippen molar-refractivity contribution < 1.29 is 18.0 Å². The van der Waals surface area contributed by atoms with Crippen molar-refractivity contribution in [2.24, 2.45) is 0 Å². The normalized spacial score (nSPS) is 11.4. The molecule has 1 rings (SSSR count). The third-order valence-corrected chi connectivity index (χ3v) is 2.47. The third kappa shape index (κ3) is 4.64. The van der Waals surface area contributed by atoms with Gasteiger partial charge in [0.1, 0.15) is 12.2 Å². The van der Waals surface area contributed by atoms with Gasteiger partial charge >= 0.3 is 6.18 Å². The molecule has 0 spiro atoms. The summed E-state index contributed by atoms with van der Waals surface area (Å²) in [7, 11) is 0. The lowest BCUT2D eigenvalue weighted by atomic mass is 10.3. The van der Waals surface area contributed by atoms with Crippen LogP contribution in [0.2, 0.25) is 0 Å². The monoisotopic (exact) mass is 324 g/mol. The van der Waals surface area contributed by atoms with Gasteiger partial charge in [-0.2, -0.15) is 13.2 Å². The second kappa shape index (κ2) is 6.17. The standard InChI is InChI=1S/C11H12BrF3N2O/c1-8-3-2-4-9(16-8)10(18)17(6-5-12)7-11(13,14)15/h2-4H,5-7H2,1H3. The highest BCUT2D eigenvalue weighted by Crippen LogP contribution is 2.18. The van der Waals surface area contributed by atoms with Crippen LogP contribution in [0.5, 0.6) is 0 Å². The molecule has 0 aliphatic rings. The van der Waals surface area contributed by atoms with Gasteiger partial charge in [0.05, 0.1) is 0 Å². The molecule has 7 heteroatoms. The molecular formula is C11H12BrF3N2O. The predicted molar refractivity (Wildman–Crippen MR) is 64.7 cm³/mol. The van der Waals surface area contributed by atoms with Crippen LogP contribution in [0.3, 0.4) is 0 Å². The van der Waals surface area contributed by atoms with Crippen LogP contribution >= 0.6 is 15.9 Å². The van der Waals surface area contributed by atoms with E-state index in [1.54, 1.807) is 19.1 Å². The molecule has 0 N–H and O–H groups in total. The Morgan fingerprint density at radius 1 is 1.44 bits per heavy atom. The first-order valence-electron chi connectivity index (χ1n) is 5.19. The molecule has 100 valence electrons. The summed E-state index contributed by atoms with van der Waals surface area (Å²) in [6.07, 6.45) is -4.42. The second-order valence-corrected chi connectivity index (χ2v) is 4.49. The quantitative estimate of drug-likeness (QED) is 0.798. The maximum Gasteiger partial charge on any atom is 0.406 e. The predicted octanol–water partition coefficient (Wildman–Crippen LogP) is 2.79. The summed E-state index contributed by atoms with van der Waals surface area (Å²) in [6, 6.07) is 4.68. The number of nitrogens with zero attached hydrogens (tertiary/aromatic N) is 2. The molecule has 1 heterocycles. The van der Waals surface area contributed by atoms with E-state index in [-0.39, 0.29) is 17.6 Å². The molecule has 0 saturated carbocycles. The van der Waals surface area contributed by atoms with Gasteiger partial charge < -0.3 is 4.90 Å². The Bertz CT molecular complexity index is 423. The average Bonchev–Trinajstić information content (AvgIpc) is 2.26. The number of carbonyl (C=O) groups is 1. The molecular weight excluding hydrogens is 313 g/mol.